The Morgan fingerprint density at radius 1 is 1.57 bits per heavy atom. The topological polar surface area (TPSA) is 50.4 Å². The third kappa shape index (κ3) is 5.95. The first-order valence-corrected chi connectivity index (χ1v) is 6.25. The summed E-state index contributed by atoms with van der Waals surface area (Å²) in [4.78, 5) is 4.29. The lowest BCUT2D eigenvalue weighted by Crippen LogP contribution is -2.34. The first kappa shape index (κ1) is 14.3. The minimum absolute atomic E-state index is 0. The molecular formula is C9H20IN3S. The van der Waals surface area contributed by atoms with Crippen molar-refractivity contribution in [2.45, 2.75) is 19.3 Å². The van der Waals surface area contributed by atoms with Gasteiger partial charge in [-0.1, -0.05) is 6.42 Å². The van der Waals surface area contributed by atoms with Gasteiger partial charge in [0.1, 0.15) is 0 Å². The van der Waals surface area contributed by atoms with Gasteiger partial charge < -0.3 is 11.1 Å². The van der Waals surface area contributed by atoms with Gasteiger partial charge in [-0.15, -0.1) is 24.0 Å². The maximum absolute atomic E-state index is 5.67. The second-order valence-electron chi connectivity index (χ2n) is 3.44. The maximum Gasteiger partial charge on any atom is 0.188 e. The smallest absolute Gasteiger partial charge is 0.188 e. The van der Waals surface area contributed by atoms with Crippen molar-refractivity contribution in [2.24, 2.45) is 16.6 Å². The Morgan fingerprint density at radius 2 is 2.29 bits per heavy atom. The molecule has 0 atom stereocenters. The van der Waals surface area contributed by atoms with Gasteiger partial charge in [0.25, 0.3) is 0 Å². The van der Waals surface area contributed by atoms with E-state index >= 15 is 0 Å². The van der Waals surface area contributed by atoms with E-state index in [0.29, 0.717) is 5.96 Å². The van der Waals surface area contributed by atoms with Crippen LogP contribution in [0.5, 0.6) is 0 Å². The van der Waals surface area contributed by atoms with E-state index in [0.717, 1.165) is 24.8 Å². The zero-order valence-corrected chi connectivity index (χ0v) is 11.8. The van der Waals surface area contributed by atoms with Crippen molar-refractivity contribution in [1.29, 1.82) is 0 Å². The van der Waals surface area contributed by atoms with Crippen molar-refractivity contribution in [1.82, 2.24) is 5.32 Å². The van der Waals surface area contributed by atoms with Gasteiger partial charge in [0.15, 0.2) is 5.96 Å². The molecule has 0 radical (unpaired) electrons. The Balaban J connectivity index is 0.00000169. The highest BCUT2D eigenvalue weighted by molar-refractivity contribution is 14.0. The predicted molar refractivity (Wildman–Crippen MR) is 75.6 cm³/mol. The summed E-state index contributed by atoms with van der Waals surface area (Å²) in [6, 6.07) is 0. The molecule has 0 aromatic rings. The number of hydrogen-bond donors (Lipinski definition) is 2. The van der Waals surface area contributed by atoms with Crippen molar-refractivity contribution < 1.29 is 0 Å². The number of guanidine groups is 1. The molecule has 0 heterocycles. The molecule has 3 nitrogen and oxygen atoms in total. The lowest BCUT2D eigenvalue weighted by molar-refractivity contribution is 0.326. The van der Waals surface area contributed by atoms with Gasteiger partial charge in [-0.25, -0.2) is 0 Å². The number of nitrogens with zero attached hydrogens (tertiary/aromatic N) is 1. The zero-order chi connectivity index (χ0) is 9.52. The molecule has 1 aliphatic rings. The Bertz CT molecular complexity index is 171. The Morgan fingerprint density at radius 3 is 2.79 bits per heavy atom. The SMILES string of the molecule is CSCCNC(N)=NCC1CCC1.I. The lowest BCUT2D eigenvalue weighted by Gasteiger charge is -2.23. The summed E-state index contributed by atoms with van der Waals surface area (Å²) in [5.41, 5.74) is 5.67. The third-order valence-electron chi connectivity index (χ3n) is 2.36. The van der Waals surface area contributed by atoms with Crippen LogP contribution in [0.1, 0.15) is 19.3 Å². The third-order valence-corrected chi connectivity index (χ3v) is 2.97. The maximum atomic E-state index is 5.67. The van der Waals surface area contributed by atoms with Gasteiger partial charge in [-0.2, -0.15) is 11.8 Å². The molecule has 1 rings (SSSR count). The molecular weight excluding hydrogens is 309 g/mol. The summed E-state index contributed by atoms with van der Waals surface area (Å²) in [6.45, 7) is 1.83. The van der Waals surface area contributed by atoms with Crippen LogP contribution in [0.15, 0.2) is 4.99 Å². The summed E-state index contributed by atoms with van der Waals surface area (Å²) in [7, 11) is 0. The number of nitrogens with two attached hydrogens (primary N) is 1. The first-order chi connectivity index (χ1) is 6.33. The van der Waals surface area contributed by atoms with E-state index in [1.54, 1.807) is 0 Å². The summed E-state index contributed by atoms with van der Waals surface area (Å²) >= 11 is 1.81. The van der Waals surface area contributed by atoms with Crippen LogP contribution in [0.2, 0.25) is 0 Å². The second-order valence-corrected chi connectivity index (χ2v) is 4.43. The zero-order valence-electron chi connectivity index (χ0n) is 8.66. The standard InChI is InChI=1S/C9H19N3S.HI/c1-13-6-5-11-9(10)12-7-8-3-2-4-8;/h8H,2-7H2,1H3,(H3,10,11,12);1H. The number of rotatable bonds is 5. The van der Waals surface area contributed by atoms with Gasteiger partial charge in [0.2, 0.25) is 0 Å². The largest absolute Gasteiger partial charge is 0.370 e. The molecule has 0 spiro atoms. The van der Waals surface area contributed by atoms with E-state index < -0.39 is 0 Å². The lowest BCUT2D eigenvalue weighted by atomic mass is 9.86. The highest BCUT2D eigenvalue weighted by atomic mass is 127. The highest BCUT2D eigenvalue weighted by Crippen LogP contribution is 2.26. The van der Waals surface area contributed by atoms with Crippen molar-refractivity contribution in [3.05, 3.63) is 0 Å². The molecule has 14 heavy (non-hydrogen) atoms. The van der Waals surface area contributed by atoms with Crippen LogP contribution in [0.4, 0.5) is 0 Å². The summed E-state index contributed by atoms with van der Waals surface area (Å²) in [5, 5.41) is 3.09. The fraction of sp³-hybridized carbons (Fsp3) is 0.889. The van der Waals surface area contributed by atoms with Crippen LogP contribution < -0.4 is 11.1 Å². The average molecular weight is 329 g/mol. The molecule has 0 aromatic carbocycles. The highest BCUT2D eigenvalue weighted by Gasteiger charge is 2.16. The molecule has 1 aliphatic carbocycles. The molecule has 0 aliphatic heterocycles. The van der Waals surface area contributed by atoms with Gasteiger partial charge >= 0.3 is 0 Å². The molecule has 0 aromatic heterocycles. The fourth-order valence-electron chi connectivity index (χ4n) is 1.24. The number of thioether (sulfide) groups is 1. The Kier molecular flexibility index (Phi) is 8.86. The average Bonchev–Trinajstić information content (AvgIpc) is 2.02. The molecule has 0 unspecified atom stereocenters. The van der Waals surface area contributed by atoms with Gasteiger partial charge in [-0.05, 0) is 25.0 Å². The molecule has 0 amide bonds. The van der Waals surface area contributed by atoms with Crippen LogP contribution in [-0.2, 0) is 0 Å². The van der Waals surface area contributed by atoms with E-state index in [2.05, 4.69) is 16.6 Å². The summed E-state index contributed by atoms with van der Waals surface area (Å²) in [6.07, 6.45) is 6.13. The fourth-order valence-corrected chi connectivity index (χ4v) is 1.55. The Hall–Kier alpha value is 0.350. The molecule has 5 heteroatoms. The van der Waals surface area contributed by atoms with Gasteiger partial charge in [0.05, 0.1) is 0 Å². The van der Waals surface area contributed by atoms with E-state index in [-0.39, 0.29) is 24.0 Å². The van der Waals surface area contributed by atoms with E-state index in [4.69, 9.17) is 5.73 Å². The van der Waals surface area contributed by atoms with Crippen LogP contribution in [-0.4, -0.2) is 31.1 Å². The number of hydrogen-bond acceptors (Lipinski definition) is 2. The normalized spacial score (nSPS) is 17.1. The van der Waals surface area contributed by atoms with Gasteiger partial charge in [-0.3, -0.25) is 4.99 Å². The minimum Gasteiger partial charge on any atom is -0.370 e. The molecule has 0 bridgehead atoms. The molecule has 1 saturated carbocycles. The predicted octanol–water partition coefficient (Wildman–Crippen LogP) is 1.67. The number of halogens is 1. The molecule has 84 valence electrons. The van der Waals surface area contributed by atoms with Crippen LogP contribution in [0, 0.1) is 5.92 Å². The van der Waals surface area contributed by atoms with E-state index in [1.165, 1.54) is 19.3 Å². The number of aliphatic imine (C=N–C) groups is 1. The molecule has 0 saturated heterocycles. The molecule has 1 fully saturated rings. The van der Waals surface area contributed by atoms with Crippen LogP contribution in [0.3, 0.4) is 0 Å². The van der Waals surface area contributed by atoms with Crippen LogP contribution >= 0.6 is 35.7 Å². The summed E-state index contributed by atoms with van der Waals surface area (Å²) in [5.74, 6) is 2.50. The van der Waals surface area contributed by atoms with E-state index in [9.17, 15) is 0 Å². The number of nitrogens with one attached hydrogen (secondary N) is 1. The molecule has 3 N–H and O–H groups in total. The van der Waals surface area contributed by atoms with E-state index in [1.807, 2.05) is 11.8 Å². The van der Waals surface area contributed by atoms with Crippen LogP contribution in [0.25, 0.3) is 0 Å². The Labute approximate surface area is 108 Å². The first-order valence-electron chi connectivity index (χ1n) is 4.85. The van der Waals surface area contributed by atoms with Crippen molar-refractivity contribution in [3.8, 4) is 0 Å². The monoisotopic (exact) mass is 329 g/mol. The quantitative estimate of drug-likeness (QED) is 0.349. The van der Waals surface area contributed by atoms with Gasteiger partial charge in [0, 0.05) is 18.8 Å². The van der Waals surface area contributed by atoms with Crippen molar-refractivity contribution in [3.63, 3.8) is 0 Å². The van der Waals surface area contributed by atoms with Crippen molar-refractivity contribution in [2.75, 3.05) is 25.1 Å². The summed E-state index contributed by atoms with van der Waals surface area (Å²) < 4.78 is 0. The second kappa shape index (κ2) is 8.64. The van der Waals surface area contributed by atoms with Crippen molar-refractivity contribution >= 4 is 41.7 Å². The minimum atomic E-state index is 0.